The van der Waals surface area contributed by atoms with Gasteiger partial charge < -0.3 is 0 Å². The molecule has 0 spiro atoms. The highest BCUT2D eigenvalue weighted by atomic mass is 79.9. The van der Waals surface area contributed by atoms with E-state index in [0.717, 1.165) is 48.3 Å². The van der Waals surface area contributed by atoms with Gasteiger partial charge in [-0.2, -0.15) is 0 Å². The summed E-state index contributed by atoms with van der Waals surface area (Å²) in [4.78, 5) is 12.7. The molecule has 4 saturated carbocycles. The summed E-state index contributed by atoms with van der Waals surface area (Å²) in [5.41, 5.74) is 1.13. The highest BCUT2D eigenvalue weighted by molar-refractivity contribution is 9.10. The molecule has 172 valence electrons. The summed E-state index contributed by atoms with van der Waals surface area (Å²) in [6.07, 6.45) is 14.6. The van der Waals surface area contributed by atoms with E-state index in [-0.39, 0.29) is 10.2 Å². The third-order valence-corrected chi connectivity index (χ3v) is 12.2. The third kappa shape index (κ3) is 3.58. The smallest absolute Gasteiger partial charge is 0.147 e. The standard InChI is InChI=1S/C28H47BrO/c1-18(2)8-7-9-19(3)21-10-11-22-20-12-14-26(4)17-25(30)24(29)16-28(26,6)23(20)13-15-27(21,22)5/h18-24H,7-17H2,1-6H3/t19-,20-,21-,22+,23-,24-,26+,27-,28-/m1/s1. The van der Waals surface area contributed by atoms with E-state index in [0.29, 0.717) is 16.6 Å². The van der Waals surface area contributed by atoms with Gasteiger partial charge in [-0.15, -0.1) is 0 Å². The fourth-order valence-corrected chi connectivity index (χ4v) is 10.2. The zero-order valence-corrected chi connectivity index (χ0v) is 22.2. The van der Waals surface area contributed by atoms with Gasteiger partial charge >= 0.3 is 0 Å². The number of carbonyl (C=O) groups excluding carboxylic acids is 1. The van der Waals surface area contributed by atoms with Crippen LogP contribution in [0, 0.1) is 51.8 Å². The fourth-order valence-electron chi connectivity index (χ4n) is 9.39. The number of rotatable bonds is 5. The second kappa shape index (κ2) is 8.18. The summed E-state index contributed by atoms with van der Waals surface area (Å²) in [5.74, 6) is 5.80. The van der Waals surface area contributed by atoms with Crippen LogP contribution in [0.2, 0.25) is 0 Å². The molecular weight excluding hydrogens is 432 g/mol. The zero-order valence-electron chi connectivity index (χ0n) is 20.6. The van der Waals surface area contributed by atoms with Gasteiger partial charge in [-0.05, 0) is 96.7 Å². The Labute approximate surface area is 195 Å². The Hall–Kier alpha value is 0.150. The van der Waals surface area contributed by atoms with Crippen molar-refractivity contribution in [1.82, 2.24) is 0 Å². The molecule has 4 rings (SSSR count). The molecule has 0 heterocycles. The monoisotopic (exact) mass is 478 g/mol. The second-order valence-electron chi connectivity index (χ2n) is 13.2. The van der Waals surface area contributed by atoms with Gasteiger partial charge in [0.2, 0.25) is 0 Å². The Morgan fingerprint density at radius 3 is 2.40 bits per heavy atom. The van der Waals surface area contributed by atoms with Gasteiger partial charge in [-0.3, -0.25) is 4.79 Å². The molecular formula is C28H47BrO. The lowest BCUT2D eigenvalue weighted by molar-refractivity contribution is -0.162. The highest BCUT2D eigenvalue weighted by Crippen LogP contribution is 2.71. The summed E-state index contributed by atoms with van der Waals surface area (Å²) in [6, 6.07) is 0. The third-order valence-electron chi connectivity index (χ3n) is 11.4. The number of fused-ring (bicyclic) bond motifs is 5. The molecule has 0 amide bonds. The Morgan fingerprint density at radius 2 is 1.70 bits per heavy atom. The maximum Gasteiger partial charge on any atom is 0.147 e. The average molecular weight is 480 g/mol. The Morgan fingerprint density at radius 1 is 0.967 bits per heavy atom. The summed E-state index contributed by atoms with van der Waals surface area (Å²) in [5, 5.41) is 0. The molecule has 0 aromatic carbocycles. The Kier molecular flexibility index (Phi) is 6.35. The van der Waals surface area contributed by atoms with Gasteiger partial charge in [-0.1, -0.05) is 76.7 Å². The maximum atomic E-state index is 12.6. The number of carbonyl (C=O) groups is 1. The molecule has 30 heavy (non-hydrogen) atoms. The normalized spacial score (nSPS) is 49.5. The largest absolute Gasteiger partial charge is 0.298 e. The van der Waals surface area contributed by atoms with E-state index >= 15 is 0 Å². The van der Waals surface area contributed by atoms with Crippen molar-refractivity contribution in [1.29, 1.82) is 0 Å². The minimum Gasteiger partial charge on any atom is -0.298 e. The van der Waals surface area contributed by atoms with Crippen molar-refractivity contribution >= 4 is 21.7 Å². The van der Waals surface area contributed by atoms with Crippen LogP contribution in [0.5, 0.6) is 0 Å². The number of alkyl halides is 1. The fraction of sp³-hybridized carbons (Fsp3) is 0.964. The van der Waals surface area contributed by atoms with Crippen molar-refractivity contribution < 1.29 is 4.79 Å². The highest BCUT2D eigenvalue weighted by Gasteiger charge is 2.64. The lowest BCUT2D eigenvalue weighted by atomic mass is 9.40. The SMILES string of the molecule is CC(C)CCC[C@@H](C)[C@H]1CC[C@H]2[C@H]3CC[C@@]4(C)CC(=O)[C@H](Br)C[C@]4(C)[C@@H]3CC[C@]12C. The zero-order chi connectivity index (χ0) is 21.9. The molecule has 1 nitrogen and oxygen atoms in total. The van der Waals surface area contributed by atoms with Crippen LogP contribution in [0.15, 0.2) is 0 Å². The Balaban J connectivity index is 1.52. The molecule has 4 aliphatic rings. The first-order valence-corrected chi connectivity index (χ1v) is 14.1. The average Bonchev–Trinajstić information content (AvgIpc) is 3.01. The van der Waals surface area contributed by atoms with Crippen molar-refractivity contribution in [3.63, 3.8) is 0 Å². The summed E-state index contributed by atoms with van der Waals surface area (Å²) >= 11 is 3.77. The van der Waals surface area contributed by atoms with Gasteiger partial charge in [0.05, 0.1) is 4.83 Å². The second-order valence-corrected chi connectivity index (χ2v) is 14.3. The van der Waals surface area contributed by atoms with Crippen LogP contribution in [0.1, 0.15) is 112 Å². The van der Waals surface area contributed by atoms with Crippen LogP contribution in [0.4, 0.5) is 0 Å². The first-order chi connectivity index (χ1) is 14.0. The number of ketones is 1. The molecule has 0 saturated heterocycles. The number of hydrogen-bond donors (Lipinski definition) is 0. The summed E-state index contributed by atoms with van der Waals surface area (Å²) in [6.45, 7) is 15.0. The van der Waals surface area contributed by atoms with E-state index in [4.69, 9.17) is 0 Å². The first-order valence-electron chi connectivity index (χ1n) is 13.2. The topological polar surface area (TPSA) is 17.1 Å². The molecule has 0 unspecified atom stereocenters. The van der Waals surface area contributed by atoms with Crippen LogP contribution in [0.3, 0.4) is 0 Å². The molecule has 0 aliphatic heterocycles. The van der Waals surface area contributed by atoms with Crippen LogP contribution < -0.4 is 0 Å². The molecule has 9 atom stereocenters. The molecule has 0 radical (unpaired) electrons. The van der Waals surface area contributed by atoms with Crippen molar-refractivity contribution in [3.8, 4) is 0 Å². The van der Waals surface area contributed by atoms with Crippen LogP contribution >= 0.6 is 15.9 Å². The van der Waals surface area contributed by atoms with Crippen LogP contribution in [0.25, 0.3) is 0 Å². The molecule has 0 N–H and O–H groups in total. The van der Waals surface area contributed by atoms with E-state index in [1.165, 1.54) is 57.8 Å². The van der Waals surface area contributed by atoms with Gasteiger partial charge in [0.15, 0.2) is 0 Å². The molecule has 0 bridgehead atoms. The predicted molar refractivity (Wildman–Crippen MR) is 131 cm³/mol. The summed E-state index contributed by atoms with van der Waals surface area (Å²) in [7, 11) is 0. The number of hydrogen-bond acceptors (Lipinski definition) is 1. The molecule has 2 heteroatoms. The summed E-state index contributed by atoms with van der Waals surface area (Å²) < 4.78 is 0. The van der Waals surface area contributed by atoms with E-state index < -0.39 is 0 Å². The van der Waals surface area contributed by atoms with Gasteiger partial charge in [0.25, 0.3) is 0 Å². The van der Waals surface area contributed by atoms with E-state index in [1.807, 2.05) is 0 Å². The quantitative estimate of drug-likeness (QED) is 0.362. The van der Waals surface area contributed by atoms with Crippen molar-refractivity contribution in [2.45, 2.75) is 117 Å². The van der Waals surface area contributed by atoms with Crippen molar-refractivity contribution in [2.75, 3.05) is 0 Å². The van der Waals surface area contributed by atoms with Crippen LogP contribution in [-0.4, -0.2) is 10.6 Å². The molecule has 4 aliphatic carbocycles. The van der Waals surface area contributed by atoms with E-state index in [9.17, 15) is 4.79 Å². The molecule has 0 aromatic heterocycles. The van der Waals surface area contributed by atoms with E-state index in [1.54, 1.807) is 0 Å². The lowest BCUT2D eigenvalue weighted by Crippen LogP contribution is -2.59. The first kappa shape index (κ1) is 23.3. The predicted octanol–water partition coefficient (Wildman–Crippen LogP) is 8.44. The minimum absolute atomic E-state index is 0.0972. The molecule has 4 fully saturated rings. The van der Waals surface area contributed by atoms with Crippen LogP contribution in [-0.2, 0) is 4.79 Å². The van der Waals surface area contributed by atoms with Crippen molar-refractivity contribution in [3.05, 3.63) is 0 Å². The maximum absolute atomic E-state index is 12.6. The van der Waals surface area contributed by atoms with Gasteiger partial charge in [-0.25, -0.2) is 0 Å². The molecule has 0 aromatic rings. The Bertz CT molecular complexity index is 657. The number of halogens is 1. The minimum atomic E-state index is 0.0972. The number of Topliss-reactive ketones (excluding diaryl/α,β-unsaturated/α-hetero) is 1. The van der Waals surface area contributed by atoms with Gasteiger partial charge in [0.1, 0.15) is 5.78 Å². The van der Waals surface area contributed by atoms with Gasteiger partial charge in [0, 0.05) is 6.42 Å². The van der Waals surface area contributed by atoms with E-state index in [2.05, 4.69) is 57.5 Å². The van der Waals surface area contributed by atoms with Crippen molar-refractivity contribution in [2.24, 2.45) is 51.8 Å². The lowest BCUT2D eigenvalue weighted by Gasteiger charge is -2.65.